The number of nitrogens with two attached hydrogens (primary N) is 1. The second-order valence-corrected chi connectivity index (χ2v) is 5.57. The molecule has 1 aromatic carbocycles. The Morgan fingerprint density at radius 3 is 2.32 bits per heavy atom. The van der Waals surface area contributed by atoms with Crippen LogP contribution in [0.4, 0.5) is 16.2 Å². The van der Waals surface area contributed by atoms with Crippen molar-refractivity contribution in [2.75, 3.05) is 17.2 Å². The van der Waals surface area contributed by atoms with Gasteiger partial charge >= 0.3 is 6.03 Å². The van der Waals surface area contributed by atoms with Crippen LogP contribution in [0.25, 0.3) is 0 Å². The van der Waals surface area contributed by atoms with E-state index < -0.39 is 0 Å². The first kappa shape index (κ1) is 16.3. The van der Waals surface area contributed by atoms with Gasteiger partial charge in [-0.3, -0.25) is 4.79 Å². The first-order valence-corrected chi connectivity index (χ1v) is 7.85. The molecule has 0 unspecified atom stereocenters. The van der Waals surface area contributed by atoms with Crippen LogP contribution >= 0.6 is 0 Å². The van der Waals surface area contributed by atoms with E-state index in [-0.39, 0.29) is 24.4 Å². The van der Waals surface area contributed by atoms with Crippen molar-refractivity contribution in [1.82, 2.24) is 5.32 Å². The molecule has 0 bridgehead atoms. The highest BCUT2D eigenvalue weighted by Crippen LogP contribution is 2.22. The summed E-state index contributed by atoms with van der Waals surface area (Å²) in [6.07, 6.45) is 5.89. The number of hydrogen-bond donors (Lipinski definition) is 4. The minimum absolute atomic E-state index is 0.163. The molecule has 0 aliphatic heterocycles. The lowest BCUT2D eigenvalue weighted by molar-refractivity contribution is -0.116. The quantitative estimate of drug-likeness (QED) is 0.672. The second-order valence-electron chi connectivity index (χ2n) is 5.57. The number of hydrogen-bond acceptors (Lipinski definition) is 3. The number of rotatable bonds is 5. The number of nitrogens with one attached hydrogen (secondary N) is 3. The van der Waals surface area contributed by atoms with Gasteiger partial charge in [-0.05, 0) is 25.0 Å². The lowest BCUT2D eigenvalue weighted by atomic mass is 9.96. The lowest BCUT2D eigenvalue weighted by Gasteiger charge is -2.23. The molecule has 2 rings (SSSR count). The summed E-state index contributed by atoms with van der Waals surface area (Å²) in [5.41, 5.74) is 6.53. The first-order valence-electron chi connectivity index (χ1n) is 7.85. The van der Waals surface area contributed by atoms with Crippen molar-refractivity contribution < 1.29 is 9.59 Å². The van der Waals surface area contributed by atoms with Crippen LogP contribution < -0.4 is 21.7 Å². The minimum Gasteiger partial charge on any atom is -0.335 e. The molecule has 0 aromatic heterocycles. The summed E-state index contributed by atoms with van der Waals surface area (Å²) < 4.78 is 0. The van der Waals surface area contributed by atoms with Crippen molar-refractivity contribution >= 4 is 23.3 Å². The summed E-state index contributed by atoms with van der Waals surface area (Å²) in [5, 5.41) is 8.56. The third-order valence-corrected chi connectivity index (χ3v) is 3.76. The van der Waals surface area contributed by atoms with E-state index in [1.54, 1.807) is 12.1 Å². The number of amides is 3. The van der Waals surface area contributed by atoms with Crippen LogP contribution in [-0.2, 0) is 4.79 Å². The predicted molar refractivity (Wildman–Crippen MR) is 87.8 cm³/mol. The molecule has 1 fully saturated rings. The third kappa shape index (κ3) is 5.04. The third-order valence-electron chi connectivity index (χ3n) is 3.76. The molecule has 6 nitrogen and oxygen atoms in total. The monoisotopic (exact) mass is 304 g/mol. The van der Waals surface area contributed by atoms with Crippen molar-refractivity contribution in [3.8, 4) is 0 Å². The normalized spacial score (nSPS) is 15.1. The van der Waals surface area contributed by atoms with Gasteiger partial charge in [0, 0.05) is 19.0 Å². The standard InChI is InChI=1S/C16H24N4O2/c17-11-10-15(21)19-13-8-4-5-9-14(13)20-16(22)18-12-6-2-1-3-7-12/h4-5,8-9,12H,1-3,6-7,10-11,17H2,(H,19,21)(H2,18,20,22). The Bertz CT molecular complexity index is 513. The Hall–Kier alpha value is -2.08. The largest absolute Gasteiger partial charge is 0.335 e. The van der Waals surface area contributed by atoms with Gasteiger partial charge in [0.15, 0.2) is 0 Å². The Morgan fingerprint density at radius 2 is 1.68 bits per heavy atom. The van der Waals surface area contributed by atoms with Gasteiger partial charge in [0.1, 0.15) is 0 Å². The molecule has 1 saturated carbocycles. The van der Waals surface area contributed by atoms with E-state index in [0.29, 0.717) is 17.9 Å². The topological polar surface area (TPSA) is 96.2 Å². The molecule has 1 aromatic rings. The van der Waals surface area contributed by atoms with Crippen LogP contribution in [0.3, 0.4) is 0 Å². The summed E-state index contributed by atoms with van der Waals surface area (Å²) in [5.74, 6) is -0.163. The maximum atomic E-state index is 12.1. The average molecular weight is 304 g/mol. The first-order chi connectivity index (χ1) is 10.7. The molecule has 0 radical (unpaired) electrons. The van der Waals surface area contributed by atoms with Crippen LogP contribution in [0.2, 0.25) is 0 Å². The van der Waals surface area contributed by atoms with E-state index in [0.717, 1.165) is 25.7 Å². The van der Waals surface area contributed by atoms with Gasteiger partial charge in [-0.15, -0.1) is 0 Å². The molecule has 0 atom stereocenters. The summed E-state index contributed by atoms with van der Waals surface area (Å²) in [6, 6.07) is 7.15. The van der Waals surface area contributed by atoms with Gasteiger partial charge in [-0.25, -0.2) is 4.79 Å². The van der Waals surface area contributed by atoms with Crippen molar-refractivity contribution in [2.24, 2.45) is 5.73 Å². The van der Waals surface area contributed by atoms with Crippen LogP contribution in [0, 0.1) is 0 Å². The van der Waals surface area contributed by atoms with Crippen LogP contribution in [0.15, 0.2) is 24.3 Å². The van der Waals surface area contributed by atoms with E-state index in [1.807, 2.05) is 12.1 Å². The molecular weight excluding hydrogens is 280 g/mol. The summed E-state index contributed by atoms with van der Waals surface area (Å²) in [6.45, 7) is 0.295. The zero-order chi connectivity index (χ0) is 15.8. The van der Waals surface area contributed by atoms with Crippen molar-refractivity contribution in [2.45, 2.75) is 44.6 Å². The van der Waals surface area contributed by atoms with Gasteiger partial charge in [0.25, 0.3) is 0 Å². The highest BCUT2D eigenvalue weighted by molar-refractivity contribution is 5.99. The maximum absolute atomic E-state index is 12.1. The van der Waals surface area contributed by atoms with E-state index in [2.05, 4.69) is 16.0 Å². The zero-order valence-electron chi connectivity index (χ0n) is 12.7. The number of anilines is 2. The molecule has 6 heteroatoms. The second kappa shape index (κ2) is 8.38. The molecule has 120 valence electrons. The van der Waals surface area contributed by atoms with Crippen LogP contribution in [0.1, 0.15) is 38.5 Å². The van der Waals surface area contributed by atoms with Gasteiger partial charge in [-0.1, -0.05) is 31.4 Å². The van der Waals surface area contributed by atoms with E-state index in [1.165, 1.54) is 6.42 Å². The van der Waals surface area contributed by atoms with E-state index in [9.17, 15) is 9.59 Å². The number of para-hydroxylation sites is 2. The SMILES string of the molecule is NCCC(=O)Nc1ccccc1NC(=O)NC1CCCCC1. The Morgan fingerprint density at radius 1 is 1.05 bits per heavy atom. The lowest BCUT2D eigenvalue weighted by Crippen LogP contribution is -2.39. The van der Waals surface area contributed by atoms with Crippen molar-refractivity contribution in [1.29, 1.82) is 0 Å². The van der Waals surface area contributed by atoms with E-state index >= 15 is 0 Å². The number of carbonyl (C=O) groups is 2. The molecular formula is C16H24N4O2. The van der Waals surface area contributed by atoms with Gasteiger partial charge < -0.3 is 21.7 Å². The number of urea groups is 1. The number of benzene rings is 1. The molecule has 1 aliphatic rings. The van der Waals surface area contributed by atoms with Crippen LogP contribution in [-0.4, -0.2) is 24.5 Å². The Labute approximate surface area is 130 Å². The molecule has 5 N–H and O–H groups in total. The summed E-state index contributed by atoms with van der Waals surface area (Å²) in [4.78, 5) is 23.7. The van der Waals surface area contributed by atoms with Crippen LogP contribution in [0.5, 0.6) is 0 Å². The highest BCUT2D eigenvalue weighted by Gasteiger charge is 2.16. The Kier molecular flexibility index (Phi) is 6.21. The van der Waals surface area contributed by atoms with Crippen molar-refractivity contribution in [3.05, 3.63) is 24.3 Å². The summed E-state index contributed by atoms with van der Waals surface area (Å²) >= 11 is 0. The average Bonchev–Trinajstić information content (AvgIpc) is 2.50. The molecule has 0 saturated heterocycles. The molecule has 3 amide bonds. The minimum atomic E-state index is -0.229. The summed E-state index contributed by atoms with van der Waals surface area (Å²) in [7, 11) is 0. The van der Waals surface area contributed by atoms with Crippen molar-refractivity contribution in [3.63, 3.8) is 0 Å². The smallest absolute Gasteiger partial charge is 0.319 e. The Balaban J connectivity index is 1.93. The maximum Gasteiger partial charge on any atom is 0.319 e. The fourth-order valence-electron chi connectivity index (χ4n) is 2.64. The van der Waals surface area contributed by atoms with Gasteiger partial charge in [0.05, 0.1) is 11.4 Å². The fraction of sp³-hybridized carbons (Fsp3) is 0.500. The highest BCUT2D eigenvalue weighted by atomic mass is 16.2. The van der Waals surface area contributed by atoms with E-state index in [4.69, 9.17) is 5.73 Å². The van der Waals surface area contributed by atoms with Gasteiger partial charge in [0.2, 0.25) is 5.91 Å². The molecule has 22 heavy (non-hydrogen) atoms. The zero-order valence-corrected chi connectivity index (χ0v) is 12.7. The molecule has 0 spiro atoms. The molecule has 0 heterocycles. The van der Waals surface area contributed by atoms with Gasteiger partial charge in [-0.2, -0.15) is 0 Å². The fourth-order valence-corrected chi connectivity index (χ4v) is 2.64. The molecule has 1 aliphatic carbocycles. The number of carbonyl (C=O) groups excluding carboxylic acids is 2. The predicted octanol–water partition coefficient (Wildman–Crippen LogP) is 2.43.